The van der Waals surface area contributed by atoms with Gasteiger partial charge in [-0.15, -0.1) is 0 Å². The predicted octanol–water partition coefficient (Wildman–Crippen LogP) is 0.823. The standard InChI is InChI=1S/C11H16N6/c1-3-10-15-11(4-2)17(16-10)7-8-5-14-9(12)6-13-8/h5-6H,3-4,7H2,1-2H3,(H2,12,14). The van der Waals surface area contributed by atoms with Crippen LogP contribution in [-0.2, 0) is 19.4 Å². The van der Waals surface area contributed by atoms with Crippen molar-refractivity contribution in [3.8, 4) is 0 Å². The highest BCUT2D eigenvalue weighted by Crippen LogP contribution is 2.04. The van der Waals surface area contributed by atoms with Crippen molar-refractivity contribution in [1.82, 2.24) is 24.7 Å². The topological polar surface area (TPSA) is 82.5 Å². The van der Waals surface area contributed by atoms with Gasteiger partial charge in [0, 0.05) is 12.8 Å². The van der Waals surface area contributed by atoms with Gasteiger partial charge >= 0.3 is 0 Å². The molecule has 0 aliphatic carbocycles. The van der Waals surface area contributed by atoms with Gasteiger partial charge in [0.1, 0.15) is 11.6 Å². The molecule has 0 unspecified atom stereocenters. The highest BCUT2D eigenvalue weighted by Gasteiger charge is 2.08. The zero-order valence-electron chi connectivity index (χ0n) is 10.1. The van der Waals surface area contributed by atoms with Gasteiger partial charge < -0.3 is 5.73 Å². The Balaban J connectivity index is 2.22. The van der Waals surface area contributed by atoms with Crippen molar-refractivity contribution in [2.24, 2.45) is 0 Å². The molecule has 90 valence electrons. The molecule has 0 atom stereocenters. The van der Waals surface area contributed by atoms with Gasteiger partial charge in [-0.1, -0.05) is 13.8 Å². The molecule has 6 heteroatoms. The number of hydrogen-bond donors (Lipinski definition) is 1. The fraction of sp³-hybridized carbons (Fsp3) is 0.455. The molecular formula is C11H16N6. The first-order valence-corrected chi connectivity index (χ1v) is 5.72. The van der Waals surface area contributed by atoms with Crippen molar-refractivity contribution in [3.63, 3.8) is 0 Å². The van der Waals surface area contributed by atoms with Crippen LogP contribution in [0.5, 0.6) is 0 Å². The SMILES string of the molecule is CCc1nc(CC)n(Cc2cnc(N)cn2)n1. The quantitative estimate of drug-likeness (QED) is 0.844. The van der Waals surface area contributed by atoms with Gasteiger partial charge in [0.25, 0.3) is 0 Å². The smallest absolute Gasteiger partial charge is 0.150 e. The van der Waals surface area contributed by atoms with Gasteiger partial charge in [-0.25, -0.2) is 14.6 Å². The number of nitrogens with two attached hydrogens (primary N) is 1. The summed E-state index contributed by atoms with van der Waals surface area (Å²) in [5, 5.41) is 4.42. The molecule has 2 heterocycles. The third kappa shape index (κ3) is 2.58. The summed E-state index contributed by atoms with van der Waals surface area (Å²) in [6.07, 6.45) is 4.92. The van der Waals surface area contributed by atoms with Crippen molar-refractivity contribution in [3.05, 3.63) is 29.7 Å². The predicted molar refractivity (Wildman–Crippen MR) is 64.3 cm³/mol. The molecule has 6 nitrogen and oxygen atoms in total. The number of rotatable bonds is 4. The van der Waals surface area contributed by atoms with Crippen molar-refractivity contribution < 1.29 is 0 Å². The van der Waals surface area contributed by atoms with Crippen LogP contribution in [-0.4, -0.2) is 24.7 Å². The lowest BCUT2D eigenvalue weighted by Gasteiger charge is -2.03. The van der Waals surface area contributed by atoms with E-state index in [-0.39, 0.29) is 0 Å². The number of nitrogens with zero attached hydrogens (tertiary/aromatic N) is 5. The minimum absolute atomic E-state index is 0.428. The van der Waals surface area contributed by atoms with Crippen molar-refractivity contribution in [2.45, 2.75) is 33.2 Å². The van der Waals surface area contributed by atoms with Gasteiger partial charge in [-0.3, -0.25) is 4.98 Å². The third-order valence-corrected chi connectivity index (χ3v) is 2.46. The Bertz CT molecular complexity index is 487. The number of aromatic nitrogens is 5. The average molecular weight is 232 g/mol. The van der Waals surface area contributed by atoms with Crippen LogP contribution in [0.1, 0.15) is 31.2 Å². The summed E-state index contributed by atoms with van der Waals surface area (Å²) in [7, 11) is 0. The van der Waals surface area contributed by atoms with Crippen LogP contribution < -0.4 is 5.73 Å². The van der Waals surface area contributed by atoms with Crippen molar-refractivity contribution in [2.75, 3.05) is 5.73 Å². The molecule has 0 radical (unpaired) electrons. The number of aryl methyl sites for hydroxylation is 2. The summed E-state index contributed by atoms with van der Waals surface area (Å²) in [4.78, 5) is 12.7. The van der Waals surface area contributed by atoms with E-state index in [1.807, 2.05) is 11.6 Å². The molecule has 0 saturated carbocycles. The van der Waals surface area contributed by atoms with Gasteiger partial charge in [-0.2, -0.15) is 5.10 Å². The van der Waals surface area contributed by atoms with Crippen LogP contribution in [0.15, 0.2) is 12.4 Å². The van der Waals surface area contributed by atoms with E-state index in [2.05, 4.69) is 27.0 Å². The highest BCUT2D eigenvalue weighted by molar-refractivity contribution is 5.22. The fourth-order valence-corrected chi connectivity index (χ4v) is 1.56. The Morgan fingerprint density at radius 2 is 2.00 bits per heavy atom. The molecule has 0 amide bonds. The summed E-state index contributed by atoms with van der Waals surface area (Å²) in [5.74, 6) is 2.27. The lowest BCUT2D eigenvalue weighted by atomic mass is 10.4. The zero-order chi connectivity index (χ0) is 12.3. The molecule has 0 spiro atoms. The summed E-state index contributed by atoms with van der Waals surface area (Å²) < 4.78 is 1.87. The van der Waals surface area contributed by atoms with E-state index < -0.39 is 0 Å². The van der Waals surface area contributed by atoms with Crippen molar-refractivity contribution >= 4 is 5.82 Å². The first-order chi connectivity index (χ1) is 8.22. The molecule has 2 N–H and O–H groups in total. The van der Waals surface area contributed by atoms with Crippen LogP contribution in [0.25, 0.3) is 0 Å². The fourth-order valence-electron chi connectivity index (χ4n) is 1.56. The molecular weight excluding hydrogens is 216 g/mol. The van der Waals surface area contributed by atoms with E-state index >= 15 is 0 Å². The van der Waals surface area contributed by atoms with Crippen LogP contribution in [0, 0.1) is 0 Å². The van der Waals surface area contributed by atoms with Gasteiger partial charge in [0.15, 0.2) is 5.82 Å². The molecule has 17 heavy (non-hydrogen) atoms. The van der Waals surface area contributed by atoms with E-state index in [0.29, 0.717) is 12.4 Å². The average Bonchev–Trinajstić information content (AvgIpc) is 2.74. The maximum Gasteiger partial charge on any atom is 0.150 e. The molecule has 0 bridgehead atoms. The molecule has 0 aliphatic heterocycles. The van der Waals surface area contributed by atoms with Crippen LogP contribution in [0.2, 0.25) is 0 Å². The Labute approximate surface area is 99.9 Å². The molecule has 0 fully saturated rings. The Kier molecular flexibility index (Phi) is 3.32. The second-order valence-corrected chi connectivity index (χ2v) is 3.74. The molecule has 0 aromatic carbocycles. The van der Waals surface area contributed by atoms with E-state index in [1.54, 1.807) is 12.4 Å². The Hall–Kier alpha value is -1.98. The number of anilines is 1. The monoisotopic (exact) mass is 232 g/mol. The molecule has 0 saturated heterocycles. The highest BCUT2D eigenvalue weighted by atomic mass is 15.3. The maximum atomic E-state index is 5.49. The third-order valence-electron chi connectivity index (χ3n) is 2.46. The van der Waals surface area contributed by atoms with E-state index in [1.165, 1.54) is 0 Å². The van der Waals surface area contributed by atoms with Gasteiger partial charge in [0.2, 0.25) is 0 Å². The van der Waals surface area contributed by atoms with Crippen LogP contribution in [0.4, 0.5) is 5.82 Å². The lowest BCUT2D eigenvalue weighted by Crippen LogP contribution is -2.08. The second kappa shape index (κ2) is 4.90. The van der Waals surface area contributed by atoms with Crippen molar-refractivity contribution in [1.29, 1.82) is 0 Å². The number of nitrogen functional groups attached to an aromatic ring is 1. The molecule has 2 aromatic rings. The maximum absolute atomic E-state index is 5.49. The molecule has 2 aromatic heterocycles. The first-order valence-electron chi connectivity index (χ1n) is 5.72. The minimum Gasteiger partial charge on any atom is -0.382 e. The van der Waals surface area contributed by atoms with Crippen LogP contribution in [0.3, 0.4) is 0 Å². The number of hydrogen-bond acceptors (Lipinski definition) is 5. The van der Waals surface area contributed by atoms with Gasteiger partial charge in [-0.05, 0) is 0 Å². The van der Waals surface area contributed by atoms with Crippen LogP contribution >= 0.6 is 0 Å². The largest absolute Gasteiger partial charge is 0.382 e. The van der Waals surface area contributed by atoms with E-state index in [4.69, 9.17) is 5.73 Å². The lowest BCUT2D eigenvalue weighted by molar-refractivity contribution is 0.625. The molecule has 2 rings (SSSR count). The zero-order valence-corrected chi connectivity index (χ0v) is 10.1. The summed E-state index contributed by atoms with van der Waals surface area (Å²) in [6.45, 7) is 4.69. The summed E-state index contributed by atoms with van der Waals surface area (Å²) >= 11 is 0. The summed E-state index contributed by atoms with van der Waals surface area (Å²) in [5.41, 5.74) is 6.33. The Morgan fingerprint density at radius 3 is 2.59 bits per heavy atom. The summed E-state index contributed by atoms with van der Waals surface area (Å²) in [6, 6.07) is 0. The molecule has 0 aliphatic rings. The first kappa shape index (κ1) is 11.5. The van der Waals surface area contributed by atoms with Gasteiger partial charge in [0.05, 0.1) is 24.6 Å². The van der Waals surface area contributed by atoms with E-state index in [0.717, 1.165) is 30.2 Å². The second-order valence-electron chi connectivity index (χ2n) is 3.74. The van der Waals surface area contributed by atoms with E-state index in [9.17, 15) is 0 Å². The Morgan fingerprint density at radius 1 is 1.18 bits per heavy atom. The minimum atomic E-state index is 0.428. The normalized spacial score (nSPS) is 10.7.